The molecule has 19 heavy (non-hydrogen) atoms. The van der Waals surface area contributed by atoms with Crippen molar-refractivity contribution in [1.82, 2.24) is 0 Å². The summed E-state index contributed by atoms with van der Waals surface area (Å²) in [7, 11) is 0. The Morgan fingerprint density at radius 2 is 1.89 bits per heavy atom. The van der Waals surface area contributed by atoms with Crippen molar-refractivity contribution >= 4 is 17.3 Å². The van der Waals surface area contributed by atoms with Crippen LogP contribution in [0.25, 0.3) is 0 Å². The first-order chi connectivity index (χ1) is 8.97. The molecule has 0 aromatic heterocycles. The maximum absolute atomic E-state index is 13.6. The van der Waals surface area contributed by atoms with Crippen LogP contribution in [0.5, 0.6) is 0 Å². The van der Waals surface area contributed by atoms with Gasteiger partial charge in [-0.15, -0.1) is 0 Å². The summed E-state index contributed by atoms with van der Waals surface area (Å²) in [6.07, 6.45) is 0. The zero-order valence-corrected chi connectivity index (χ0v) is 10.8. The highest BCUT2D eigenvalue weighted by atomic mass is 19.1. The minimum absolute atomic E-state index is 0.0556. The molecule has 0 bridgehead atoms. The number of nitrogens with one attached hydrogen (secondary N) is 1. The summed E-state index contributed by atoms with van der Waals surface area (Å²) in [6, 6.07) is 9.57. The molecule has 0 spiro atoms. The van der Waals surface area contributed by atoms with Crippen molar-refractivity contribution in [2.45, 2.75) is 13.8 Å². The Morgan fingerprint density at radius 1 is 1.16 bits per heavy atom. The van der Waals surface area contributed by atoms with Gasteiger partial charge < -0.3 is 11.1 Å². The fraction of sp³-hybridized carbons (Fsp3) is 0.133. The molecule has 2 aromatic carbocycles. The summed E-state index contributed by atoms with van der Waals surface area (Å²) < 4.78 is 13.6. The largest absolute Gasteiger partial charge is 0.399 e. The number of hydrogen-bond acceptors (Lipinski definition) is 2. The number of carbonyl (C=O) groups excluding carboxylic acids is 1. The molecule has 0 heterocycles. The highest BCUT2D eigenvalue weighted by Crippen LogP contribution is 2.19. The van der Waals surface area contributed by atoms with Gasteiger partial charge in [0.05, 0.1) is 5.56 Å². The molecule has 0 saturated carbocycles. The second-order valence-electron chi connectivity index (χ2n) is 4.51. The first kappa shape index (κ1) is 13.1. The van der Waals surface area contributed by atoms with Crippen molar-refractivity contribution in [2.24, 2.45) is 0 Å². The van der Waals surface area contributed by atoms with Crippen LogP contribution in [0.2, 0.25) is 0 Å². The van der Waals surface area contributed by atoms with E-state index in [1.54, 1.807) is 6.07 Å². The van der Waals surface area contributed by atoms with Gasteiger partial charge in [0.15, 0.2) is 0 Å². The first-order valence-electron chi connectivity index (χ1n) is 5.91. The average Bonchev–Trinajstić information content (AvgIpc) is 2.35. The normalized spacial score (nSPS) is 10.3. The lowest BCUT2D eigenvalue weighted by atomic mass is 10.1. The maximum Gasteiger partial charge on any atom is 0.258 e. The topological polar surface area (TPSA) is 55.1 Å². The van der Waals surface area contributed by atoms with E-state index >= 15 is 0 Å². The molecular formula is C15H15FN2O. The van der Waals surface area contributed by atoms with Crippen molar-refractivity contribution < 1.29 is 9.18 Å². The Labute approximate surface area is 111 Å². The van der Waals surface area contributed by atoms with Crippen LogP contribution in [-0.4, -0.2) is 5.91 Å². The lowest BCUT2D eigenvalue weighted by Crippen LogP contribution is -2.15. The monoisotopic (exact) mass is 258 g/mol. The lowest BCUT2D eigenvalue weighted by Gasteiger charge is -2.10. The Balaban J connectivity index is 2.28. The van der Waals surface area contributed by atoms with Crippen LogP contribution in [0.15, 0.2) is 36.4 Å². The smallest absolute Gasteiger partial charge is 0.258 e. The van der Waals surface area contributed by atoms with Crippen LogP contribution in [0.1, 0.15) is 21.5 Å². The molecule has 0 fully saturated rings. The molecule has 0 unspecified atom stereocenters. The van der Waals surface area contributed by atoms with Gasteiger partial charge in [-0.2, -0.15) is 0 Å². The van der Waals surface area contributed by atoms with E-state index in [1.807, 2.05) is 26.0 Å². The fourth-order valence-electron chi connectivity index (χ4n) is 1.86. The number of anilines is 2. The summed E-state index contributed by atoms with van der Waals surface area (Å²) >= 11 is 0. The van der Waals surface area contributed by atoms with Gasteiger partial charge in [-0.25, -0.2) is 4.39 Å². The summed E-state index contributed by atoms with van der Waals surface area (Å²) in [5, 5.41) is 2.69. The predicted octanol–water partition coefficient (Wildman–Crippen LogP) is 3.28. The van der Waals surface area contributed by atoms with Gasteiger partial charge in [0.25, 0.3) is 5.91 Å². The van der Waals surface area contributed by atoms with Gasteiger partial charge in [0, 0.05) is 11.4 Å². The van der Waals surface area contributed by atoms with Gasteiger partial charge >= 0.3 is 0 Å². The Bertz CT molecular complexity index is 638. The molecule has 0 radical (unpaired) electrons. The number of aryl methyl sites for hydroxylation is 2. The molecule has 2 rings (SSSR count). The number of halogens is 1. The fourth-order valence-corrected chi connectivity index (χ4v) is 1.86. The number of carbonyl (C=O) groups is 1. The molecule has 0 aliphatic carbocycles. The van der Waals surface area contributed by atoms with Crippen molar-refractivity contribution in [1.29, 1.82) is 0 Å². The maximum atomic E-state index is 13.6. The molecule has 4 heteroatoms. The predicted molar refractivity (Wildman–Crippen MR) is 74.7 cm³/mol. The van der Waals surface area contributed by atoms with E-state index in [4.69, 9.17) is 5.73 Å². The number of amides is 1. The number of hydrogen-bond donors (Lipinski definition) is 2. The van der Waals surface area contributed by atoms with Crippen LogP contribution < -0.4 is 11.1 Å². The van der Waals surface area contributed by atoms with Gasteiger partial charge in [0.1, 0.15) is 5.82 Å². The highest BCUT2D eigenvalue weighted by molar-refractivity contribution is 6.05. The lowest BCUT2D eigenvalue weighted by molar-refractivity contribution is 0.102. The number of nitrogens with two attached hydrogens (primary N) is 1. The van der Waals surface area contributed by atoms with Crippen molar-refractivity contribution in [3.05, 3.63) is 58.9 Å². The summed E-state index contributed by atoms with van der Waals surface area (Å²) in [4.78, 5) is 12.0. The van der Waals surface area contributed by atoms with E-state index in [0.29, 0.717) is 11.4 Å². The third kappa shape index (κ3) is 2.91. The molecule has 0 aliphatic heterocycles. The summed E-state index contributed by atoms with van der Waals surface area (Å²) in [6.45, 7) is 3.86. The molecular weight excluding hydrogens is 243 g/mol. The summed E-state index contributed by atoms with van der Waals surface area (Å²) in [5.74, 6) is -1.09. The molecule has 0 atom stereocenters. The van der Waals surface area contributed by atoms with Gasteiger partial charge in [-0.05, 0) is 43.7 Å². The standard InChI is InChI=1S/C15H15FN2O/c1-9-3-6-14(10(2)7-9)18-15(19)12-8-11(17)4-5-13(12)16/h3-8H,17H2,1-2H3,(H,18,19). The molecule has 98 valence electrons. The first-order valence-corrected chi connectivity index (χ1v) is 5.91. The molecule has 0 saturated heterocycles. The van der Waals surface area contributed by atoms with E-state index in [1.165, 1.54) is 18.2 Å². The van der Waals surface area contributed by atoms with E-state index < -0.39 is 11.7 Å². The minimum Gasteiger partial charge on any atom is -0.399 e. The van der Waals surface area contributed by atoms with E-state index in [2.05, 4.69) is 5.32 Å². The zero-order chi connectivity index (χ0) is 14.0. The van der Waals surface area contributed by atoms with Crippen LogP contribution in [0.3, 0.4) is 0 Å². The van der Waals surface area contributed by atoms with Crippen LogP contribution in [0, 0.1) is 19.7 Å². The summed E-state index contributed by atoms with van der Waals surface area (Å²) in [5.41, 5.74) is 8.56. The van der Waals surface area contributed by atoms with Crippen LogP contribution in [0.4, 0.5) is 15.8 Å². The molecule has 0 aliphatic rings. The Hall–Kier alpha value is -2.36. The van der Waals surface area contributed by atoms with Crippen LogP contribution >= 0.6 is 0 Å². The number of rotatable bonds is 2. The second kappa shape index (κ2) is 5.10. The number of nitrogen functional groups attached to an aromatic ring is 1. The van der Waals surface area contributed by atoms with Crippen molar-refractivity contribution in [3.63, 3.8) is 0 Å². The molecule has 3 nitrogen and oxygen atoms in total. The van der Waals surface area contributed by atoms with E-state index in [9.17, 15) is 9.18 Å². The van der Waals surface area contributed by atoms with Crippen molar-refractivity contribution in [2.75, 3.05) is 11.1 Å². The number of benzene rings is 2. The Kier molecular flexibility index (Phi) is 3.51. The van der Waals surface area contributed by atoms with Crippen molar-refractivity contribution in [3.8, 4) is 0 Å². The minimum atomic E-state index is -0.587. The Morgan fingerprint density at radius 3 is 2.58 bits per heavy atom. The van der Waals surface area contributed by atoms with E-state index in [-0.39, 0.29) is 5.56 Å². The average molecular weight is 258 g/mol. The SMILES string of the molecule is Cc1ccc(NC(=O)c2cc(N)ccc2F)c(C)c1. The second-order valence-corrected chi connectivity index (χ2v) is 4.51. The quantitative estimate of drug-likeness (QED) is 0.812. The van der Waals surface area contributed by atoms with Gasteiger partial charge in [-0.3, -0.25) is 4.79 Å². The van der Waals surface area contributed by atoms with E-state index in [0.717, 1.165) is 11.1 Å². The molecule has 3 N–H and O–H groups in total. The molecule has 2 aromatic rings. The van der Waals surface area contributed by atoms with Gasteiger partial charge in [0.2, 0.25) is 0 Å². The zero-order valence-electron chi connectivity index (χ0n) is 10.8. The van der Waals surface area contributed by atoms with Crippen LogP contribution in [-0.2, 0) is 0 Å². The molecule has 1 amide bonds. The third-order valence-electron chi connectivity index (χ3n) is 2.87. The highest BCUT2D eigenvalue weighted by Gasteiger charge is 2.13. The van der Waals surface area contributed by atoms with Gasteiger partial charge in [-0.1, -0.05) is 17.7 Å². The third-order valence-corrected chi connectivity index (χ3v) is 2.87.